The fourth-order valence-electron chi connectivity index (χ4n) is 3.57. The van der Waals surface area contributed by atoms with E-state index in [1.807, 2.05) is 0 Å². The molecular weight excluding hydrogens is 533 g/mol. The second-order valence-corrected chi connectivity index (χ2v) is 10.5. The van der Waals surface area contributed by atoms with Crippen molar-refractivity contribution < 1.29 is 23.1 Å². The molecule has 180 valence electrons. The Kier molecular flexibility index (Phi) is 7.00. The second kappa shape index (κ2) is 9.82. The molecule has 0 saturated heterocycles. The third kappa shape index (κ3) is 4.96. The Bertz CT molecular complexity index is 1430. The van der Waals surface area contributed by atoms with Gasteiger partial charge in [-0.25, -0.2) is 17.5 Å². The van der Waals surface area contributed by atoms with Gasteiger partial charge in [0.25, 0.3) is 15.9 Å². The second-order valence-electron chi connectivity index (χ2n) is 7.53. The molecule has 4 rings (SSSR count). The molecule has 3 aromatic rings. The van der Waals surface area contributed by atoms with E-state index in [4.69, 9.17) is 35.4 Å². The topological polar surface area (TPSA) is 116 Å². The van der Waals surface area contributed by atoms with Crippen LogP contribution < -0.4 is 14.9 Å². The van der Waals surface area contributed by atoms with Crippen LogP contribution >= 0.6 is 35.4 Å². The number of anilines is 2. The molecule has 1 amide bonds. The summed E-state index contributed by atoms with van der Waals surface area (Å²) in [7, 11) is -3.94. The summed E-state index contributed by atoms with van der Waals surface area (Å²) < 4.78 is 27.3. The van der Waals surface area contributed by atoms with Crippen molar-refractivity contribution in [1.82, 2.24) is 5.32 Å². The average Bonchev–Trinajstić information content (AvgIpc) is 2.79. The highest BCUT2D eigenvalue weighted by atomic mass is 35.5. The molecule has 0 unspecified atom stereocenters. The molecule has 12 heteroatoms. The van der Waals surface area contributed by atoms with Gasteiger partial charge >= 0.3 is 5.97 Å². The molecule has 0 saturated carbocycles. The van der Waals surface area contributed by atoms with Gasteiger partial charge in [0, 0.05) is 6.42 Å². The van der Waals surface area contributed by atoms with Gasteiger partial charge in [0.2, 0.25) is 0 Å². The van der Waals surface area contributed by atoms with Gasteiger partial charge in [-0.1, -0.05) is 53.5 Å². The number of carboxylic acid groups (broad SMARTS) is 1. The Morgan fingerprint density at radius 1 is 1.00 bits per heavy atom. The molecule has 0 spiro atoms. The van der Waals surface area contributed by atoms with Crippen LogP contribution in [0, 0.1) is 0 Å². The number of carbonyl (C=O) groups is 2. The highest BCUT2D eigenvalue weighted by Gasteiger charge is 2.35. The standard InChI is InChI=1S/C23H17Cl2N3O5S2/c24-15-4-3-5-16(25)20(15)21(29)26-18(22(30)31)12-13-8-10-14(11-9-13)28-23(34)27-17-6-1-2-7-19(17)35(28,32)33/h1-11,18H,12H2,(H,26,29)(H,27,34)(H,30,31)/t18-/m0/s1. The number of nitrogens with zero attached hydrogens (tertiary/aromatic N) is 1. The Balaban J connectivity index is 1.55. The molecule has 35 heavy (non-hydrogen) atoms. The number of nitrogens with one attached hydrogen (secondary N) is 2. The quantitative estimate of drug-likeness (QED) is 0.392. The lowest BCUT2D eigenvalue weighted by atomic mass is 10.0. The minimum atomic E-state index is -3.94. The van der Waals surface area contributed by atoms with Crippen molar-refractivity contribution in [2.75, 3.05) is 9.62 Å². The molecule has 1 aliphatic rings. The molecule has 0 fully saturated rings. The van der Waals surface area contributed by atoms with Crippen molar-refractivity contribution in [3.05, 3.63) is 87.9 Å². The molecule has 0 aliphatic carbocycles. The van der Waals surface area contributed by atoms with E-state index in [0.717, 1.165) is 4.31 Å². The first-order chi connectivity index (χ1) is 16.6. The van der Waals surface area contributed by atoms with Gasteiger partial charge in [0.05, 0.1) is 27.0 Å². The van der Waals surface area contributed by atoms with Gasteiger partial charge in [-0.3, -0.25) is 4.79 Å². The molecule has 3 N–H and O–H groups in total. The summed E-state index contributed by atoms with van der Waals surface area (Å²) in [6, 6.07) is 15.8. The number of thiocarbonyl (C=S) groups is 1. The number of carbonyl (C=O) groups excluding carboxylic acids is 1. The number of carboxylic acids is 1. The first-order valence-corrected chi connectivity index (χ1v) is 12.7. The van der Waals surface area contributed by atoms with E-state index >= 15 is 0 Å². The first kappa shape index (κ1) is 24.9. The number of benzene rings is 3. The zero-order chi connectivity index (χ0) is 25.3. The molecule has 0 bridgehead atoms. The normalized spacial score (nSPS) is 15.0. The fourth-order valence-corrected chi connectivity index (χ4v) is 6.16. The number of aliphatic carboxylic acids is 1. The lowest BCUT2D eigenvalue weighted by molar-refractivity contribution is -0.139. The molecule has 0 aromatic heterocycles. The van der Waals surface area contributed by atoms with E-state index in [0.29, 0.717) is 11.3 Å². The summed E-state index contributed by atoms with van der Waals surface area (Å²) in [5.74, 6) is -1.98. The van der Waals surface area contributed by atoms with Crippen LogP contribution in [0.2, 0.25) is 10.0 Å². The van der Waals surface area contributed by atoms with E-state index in [-0.39, 0.29) is 37.7 Å². The lowest BCUT2D eigenvalue weighted by Crippen LogP contribution is -2.44. The van der Waals surface area contributed by atoms with Crippen LogP contribution in [0.3, 0.4) is 0 Å². The Morgan fingerprint density at radius 3 is 2.26 bits per heavy atom. The van der Waals surface area contributed by atoms with Crippen molar-refractivity contribution in [1.29, 1.82) is 0 Å². The van der Waals surface area contributed by atoms with Gasteiger partial charge < -0.3 is 15.7 Å². The molecule has 1 heterocycles. The monoisotopic (exact) mass is 549 g/mol. The molecule has 3 aromatic carbocycles. The summed E-state index contributed by atoms with van der Waals surface area (Å²) in [5, 5.41) is 15.1. The van der Waals surface area contributed by atoms with Crippen LogP contribution in [0.15, 0.2) is 71.6 Å². The molecule has 1 aliphatic heterocycles. The maximum Gasteiger partial charge on any atom is 0.326 e. The van der Waals surface area contributed by atoms with Gasteiger partial charge in [-0.05, 0) is 54.2 Å². The van der Waals surface area contributed by atoms with Crippen molar-refractivity contribution in [2.24, 2.45) is 0 Å². The highest BCUT2D eigenvalue weighted by molar-refractivity contribution is 7.96. The van der Waals surface area contributed by atoms with Gasteiger partial charge in [-0.2, -0.15) is 0 Å². The van der Waals surface area contributed by atoms with Gasteiger partial charge in [0.1, 0.15) is 10.9 Å². The number of halogens is 2. The number of hydrogen-bond acceptors (Lipinski definition) is 5. The van der Waals surface area contributed by atoms with Crippen molar-refractivity contribution >= 4 is 73.8 Å². The number of para-hydroxylation sites is 1. The summed E-state index contributed by atoms with van der Waals surface area (Å²) >= 11 is 17.4. The number of rotatable bonds is 6. The van der Waals surface area contributed by atoms with Gasteiger partial charge in [-0.15, -0.1) is 0 Å². The van der Waals surface area contributed by atoms with E-state index in [9.17, 15) is 23.1 Å². The van der Waals surface area contributed by atoms with Gasteiger partial charge in [0.15, 0.2) is 5.11 Å². The van der Waals surface area contributed by atoms with Crippen LogP contribution in [-0.2, 0) is 21.2 Å². The van der Waals surface area contributed by atoms with Crippen LogP contribution in [0.25, 0.3) is 0 Å². The van der Waals surface area contributed by atoms with E-state index in [1.165, 1.54) is 30.3 Å². The maximum atomic E-state index is 13.1. The first-order valence-electron chi connectivity index (χ1n) is 10.1. The predicted octanol–water partition coefficient (Wildman–Crippen LogP) is 4.32. The average molecular weight is 550 g/mol. The van der Waals surface area contributed by atoms with Crippen LogP contribution in [0.4, 0.5) is 11.4 Å². The number of fused-ring (bicyclic) bond motifs is 1. The minimum Gasteiger partial charge on any atom is -0.480 e. The Morgan fingerprint density at radius 2 is 1.63 bits per heavy atom. The van der Waals surface area contributed by atoms with Crippen LogP contribution in [-0.4, -0.2) is 36.6 Å². The minimum absolute atomic E-state index is 0.0104. The Hall–Kier alpha value is -3.18. The fraction of sp³-hybridized carbons (Fsp3) is 0.0870. The largest absolute Gasteiger partial charge is 0.480 e. The Labute approximate surface area is 216 Å². The number of amides is 1. The molecular formula is C23H17Cl2N3O5S2. The zero-order valence-electron chi connectivity index (χ0n) is 17.7. The zero-order valence-corrected chi connectivity index (χ0v) is 20.9. The maximum absolute atomic E-state index is 13.1. The van der Waals surface area contributed by atoms with Crippen LogP contribution in [0.5, 0.6) is 0 Å². The van der Waals surface area contributed by atoms with Crippen molar-refractivity contribution in [3.63, 3.8) is 0 Å². The summed E-state index contributed by atoms with van der Waals surface area (Å²) in [4.78, 5) is 24.5. The molecule has 8 nitrogen and oxygen atoms in total. The number of hydrogen-bond donors (Lipinski definition) is 3. The van der Waals surface area contributed by atoms with Crippen molar-refractivity contribution in [2.45, 2.75) is 17.4 Å². The summed E-state index contributed by atoms with van der Waals surface area (Å²) in [6.45, 7) is 0. The van der Waals surface area contributed by atoms with E-state index in [2.05, 4.69) is 10.6 Å². The number of sulfonamides is 1. The summed E-state index contributed by atoms with van der Waals surface area (Å²) in [5.41, 5.74) is 1.19. The SMILES string of the molecule is O=C(N[C@@H](Cc1ccc(N2C(=S)Nc3ccccc3S2(=O)=O)cc1)C(=O)O)c1c(Cl)cccc1Cl. The molecule has 0 radical (unpaired) electrons. The predicted molar refractivity (Wildman–Crippen MR) is 138 cm³/mol. The third-order valence-corrected chi connectivity index (χ3v) is 8.05. The highest BCUT2D eigenvalue weighted by Crippen LogP contribution is 2.33. The van der Waals surface area contributed by atoms with E-state index in [1.54, 1.807) is 36.4 Å². The smallest absolute Gasteiger partial charge is 0.326 e. The van der Waals surface area contributed by atoms with E-state index < -0.39 is 27.9 Å². The molecule has 1 atom stereocenters. The summed E-state index contributed by atoms with van der Waals surface area (Å²) in [6.07, 6.45) is -0.0678. The third-order valence-electron chi connectivity index (χ3n) is 5.24. The van der Waals surface area contributed by atoms with Crippen LogP contribution in [0.1, 0.15) is 15.9 Å². The lowest BCUT2D eigenvalue weighted by Gasteiger charge is -2.31. The van der Waals surface area contributed by atoms with Crippen molar-refractivity contribution in [3.8, 4) is 0 Å².